The molecule has 1 aromatic heterocycles. The summed E-state index contributed by atoms with van der Waals surface area (Å²) in [7, 11) is 0. The summed E-state index contributed by atoms with van der Waals surface area (Å²) < 4.78 is 0. The van der Waals surface area contributed by atoms with E-state index in [1.807, 2.05) is 32.2 Å². The van der Waals surface area contributed by atoms with Crippen LogP contribution in [0.1, 0.15) is 52.8 Å². The second-order valence-electron chi connectivity index (χ2n) is 5.86. The minimum Gasteiger partial charge on any atom is -0.299 e. The smallest absolute Gasteiger partial charge is 0.139 e. The molecule has 0 fully saturated rings. The van der Waals surface area contributed by atoms with Gasteiger partial charge in [0.05, 0.1) is 0 Å². The van der Waals surface area contributed by atoms with Crippen molar-refractivity contribution >= 4 is 5.78 Å². The summed E-state index contributed by atoms with van der Waals surface area (Å²) in [4.78, 5) is 16.0. The fourth-order valence-corrected chi connectivity index (χ4v) is 1.41. The van der Waals surface area contributed by atoms with Gasteiger partial charge in [-0.05, 0) is 32.4 Å². The Bertz CT molecular complexity index is 382. The number of ketones is 1. The minimum atomic E-state index is -0.441. The summed E-state index contributed by atoms with van der Waals surface area (Å²) in [6.45, 7) is 11.9. The van der Waals surface area contributed by atoms with Crippen LogP contribution in [0, 0.1) is 0 Å². The van der Waals surface area contributed by atoms with Crippen molar-refractivity contribution in [2.24, 2.45) is 0 Å². The van der Waals surface area contributed by atoms with Crippen LogP contribution in [0.15, 0.2) is 18.3 Å². The molecule has 0 aliphatic carbocycles. The van der Waals surface area contributed by atoms with Gasteiger partial charge in [-0.1, -0.05) is 26.8 Å². The van der Waals surface area contributed by atoms with Crippen molar-refractivity contribution in [2.75, 3.05) is 0 Å². The maximum Gasteiger partial charge on any atom is 0.139 e. The molecule has 2 heteroatoms. The van der Waals surface area contributed by atoms with E-state index in [1.54, 1.807) is 6.92 Å². The first-order valence-electron chi connectivity index (χ1n) is 5.64. The second-order valence-corrected chi connectivity index (χ2v) is 5.86. The highest BCUT2D eigenvalue weighted by molar-refractivity contribution is 5.86. The molecule has 16 heavy (non-hydrogen) atoms. The highest BCUT2D eigenvalue weighted by Crippen LogP contribution is 2.26. The lowest BCUT2D eigenvalue weighted by molar-refractivity contribution is -0.121. The molecular formula is C14H21NO. The molecule has 0 bridgehead atoms. The fourth-order valence-electron chi connectivity index (χ4n) is 1.41. The first kappa shape index (κ1) is 12.9. The van der Waals surface area contributed by atoms with Gasteiger partial charge in [0.1, 0.15) is 5.78 Å². The lowest BCUT2D eigenvalue weighted by Crippen LogP contribution is -2.27. The first-order chi connectivity index (χ1) is 7.15. The lowest BCUT2D eigenvalue weighted by atomic mass is 9.81. The summed E-state index contributed by atoms with van der Waals surface area (Å²) in [5.41, 5.74) is 1.64. The van der Waals surface area contributed by atoms with Crippen molar-refractivity contribution in [1.29, 1.82) is 0 Å². The molecule has 0 unspecified atom stereocenters. The number of hydrogen-bond acceptors (Lipinski definition) is 2. The molecule has 1 rings (SSSR count). The third kappa shape index (κ3) is 2.49. The van der Waals surface area contributed by atoms with E-state index in [-0.39, 0.29) is 11.2 Å². The molecule has 0 aliphatic rings. The molecule has 0 saturated carbocycles. The van der Waals surface area contributed by atoms with Crippen LogP contribution in [-0.2, 0) is 15.6 Å². The number of nitrogens with zero attached hydrogens (tertiary/aromatic N) is 1. The molecule has 1 heterocycles. The van der Waals surface area contributed by atoms with E-state index in [1.165, 1.54) is 0 Å². The van der Waals surface area contributed by atoms with Gasteiger partial charge in [0.2, 0.25) is 0 Å². The number of carbonyl (C=O) groups is 1. The van der Waals surface area contributed by atoms with Gasteiger partial charge in [-0.25, -0.2) is 0 Å². The molecule has 1 aromatic rings. The van der Waals surface area contributed by atoms with Gasteiger partial charge in [-0.2, -0.15) is 0 Å². The molecule has 88 valence electrons. The number of Topliss-reactive ketones (excluding diaryl/α,β-unsaturated/α-hetero) is 1. The summed E-state index contributed by atoms with van der Waals surface area (Å²) in [6.07, 6.45) is 1.82. The van der Waals surface area contributed by atoms with E-state index in [2.05, 4.69) is 25.8 Å². The minimum absolute atomic E-state index is 0.0545. The van der Waals surface area contributed by atoms with E-state index in [0.29, 0.717) is 0 Å². The van der Waals surface area contributed by atoms with Crippen LogP contribution in [0.4, 0.5) is 0 Å². The number of pyridine rings is 1. The molecule has 0 radical (unpaired) electrons. The fraction of sp³-hybridized carbons (Fsp3) is 0.571. The Morgan fingerprint density at radius 2 is 1.69 bits per heavy atom. The van der Waals surface area contributed by atoms with Crippen LogP contribution < -0.4 is 0 Å². The van der Waals surface area contributed by atoms with Crippen LogP contribution in [-0.4, -0.2) is 10.8 Å². The van der Waals surface area contributed by atoms with Crippen molar-refractivity contribution < 1.29 is 4.79 Å². The van der Waals surface area contributed by atoms with Crippen molar-refractivity contribution in [3.8, 4) is 0 Å². The zero-order chi connectivity index (χ0) is 12.6. The van der Waals surface area contributed by atoms with E-state index in [0.717, 1.165) is 11.3 Å². The molecule has 2 nitrogen and oxygen atoms in total. The van der Waals surface area contributed by atoms with Crippen molar-refractivity contribution in [2.45, 2.75) is 52.4 Å². The van der Waals surface area contributed by atoms with Crippen LogP contribution in [0.2, 0.25) is 0 Å². The first-order valence-corrected chi connectivity index (χ1v) is 5.64. The predicted molar refractivity (Wildman–Crippen MR) is 66.6 cm³/mol. The SMILES string of the molecule is CC(=O)C(C)(C)c1ccc(C(C)(C)C)nc1. The molecule has 0 aliphatic heterocycles. The summed E-state index contributed by atoms with van der Waals surface area (Å²) in [5, 5.41) is 0. The van der Waals surface area contributed by atoms with Crippen molar-refractivity contribution in [1.82, 2.24) is 4.98 Å². The highest BCUT2D eigenvalue weighted by Gasteiger charge is 2.26. The van der Waals surface area contributed by atoms with Crippen molar-refractivity contribution in [3.05, 3.63) is 29.6 Å². The normalized spacial score (nSPS) is 12.6. The second kappa shape index (κ2) is 4.00. The van der Waals surface area contributed by atoms with Gasteiger partial charge < -0.3 is 0 Å². The van der Waals surface area contributed by atoms with Gasteiger partial charge in [0.15, 0.2) is 0 Å². The van der Waals surface area contributed by atoms with Crippen LogP contribution >= 0.6 is 0 Å². The summed E-state index contributed by atoms with van der Waals surface area (Å²) in [6, 6.07) is 4.02. The number of carbonyl (C=O) groups excluding carboxylic acids is 1. The Labute approximate surface area is 98.1 Å². The number of rotatable bonds is 2. The maximum atomic E-state index is 11.5. The molecule has 0 amide bonds. The number of aromatic nitrogens is 1. The van der Waals surface area contributed by atoms with Crippen LogP contribution in [0.3, 0.4) is 0 Å². The summed E-state index contributed by atoms with van der Waals surface area (Å²) in [5.74, 6) is 0.165. The van der Waals surface area contributed by atoms with Crippen LogP contribution in [0.5, 0.6) is 0 Å². The Balaban J connectivity index is 3.09. The lowest BCUT2D eigenvalue weighted by Gasteiger charge is -2.23. The molecular weight excluding hydrogens is 198 g/mol. The van der Waals surface area contributed by atoms with Gasteiger partial charge >= 0.3 is 0 Å². The van der Waals surface area contributed by atoms with Gasteiger partial charge in [0, 0.05) is 22.7 Å². The highest BCUT2D eigenvalue weighted by atomic mass is 16.1. The predicted octanol–water partition coefficient (Wildman–Crippen LogP) is 3.25. The zero-order valence-electron chi connectivity index (χ0n) is 11.1. The number of hydrogen-bond donors (Lipinski definition) is 0. The quantitative estimate of drug-likeness (QED) is 0.764. The Morgan fingerprint density at radius 3 is 2.00 bits per heavy atom. The van der Waals surface area contributed by atoms with Crippen LogP contribution in [0.25, 0.3) is 0 Å². The third-order valence-corrected chi connectivity index (χ3v) is 3.13. The monoisotopic (exact) mass is 219 g/mol. The van der Waals surface area contributed by atoms with E-state index >= 15 is 0 Å². The molecule has 0 spiro atoms. The third-order valence-electron chi connectivity index (χ3n) is 3.13. The average molecular weight is 219 g/mol. The Hall–Kier alpha value is -1.18. The molecule has 0 atom stereocenters. The topological polar surface area (TPSA) is 30.0 Å². The van der Waals surface area contributed by atoms with Gasteiger partial charge in [0.25, 0.3) is 0 Å². The van der Waals surface area contributed by atoms with E-state index in [9.17, 15) is 4.79 Å². The standard InChI is InChI=1S/C14H21NO/c1-10(16)14(5,6)11-7-8-12(15-9-11)13(2,3)4/h7-9H,1-6H3. The molecule has 0 aromatic carbocycles. The van der Waals surface area contributed by atoms with E-state index in [4.69, 9.17) is 0 Å². The molecule has 0 N–H and O–H groups in total. The van der Waals surface area contributed by atoms with Crippen molar-refractivity contribution in [3.63, 3.8) is 0 Å². The van der Waals surface area contributed by atoms with Gasteiger partial charge in [-0.15, -0.1) is 0 Å². The maximum absolute atomic E-state index is 11.5. The summed E-state index contributed by atoms with van der Waals surface area (Å²) >= 11 is 0. The van der Waals surface area contributed by atoms with E-state index < -0.39 is 5.41 Å². The van der Waals surface area contributed by atoms with Gasteiger partial charge in [-0.3, -0.25) is 9.78 Å². The zero-order valence-corrected chi connectivity index (χ0v) is 11.1. The average Bonchev–Trinajstić information content (AvgIpc) is 2.16. The Kier molecular flexibility index (Phi) is 3.22. The molecule has 0 saturated heterocycles. The Morgan fingerprint density at radius 1 is 1.12 bits per heavy atom. The largest absolute Gasteiger partial charge is 0.299 e.